The molecule has 3 aromatic rings. The van der Waals surface area contributed by atoms with Gasteiger partial charge in [-0.05, 0) is 42.7 Å². The summed E-state index contributed by atoms with van der Waals surface area (Å²) < 4.78 is 7.71. The van der Waals surface area contributed by atoms with E-state index in [1.54, 1.807) is 6.07 Å². The number of hydrogen-bond acceptors (Lipinski definition) is 5. The number of anilines is 1. The van der Waals surface area contributed by atoms with Crippen LogP contribution in [0.25, 0.3) is 0 Å². The fourth-order valence-corrected chi connectivity index (χ4v) is 3.79. The van der Waals surface area contributed by atoms with Gasteiger partial charge in [0, 0.05) is 18.7 Å². The van der Waals surface area contributed by atoms with Gasteiger partial charge in [0.2, 0.25) is 0 Å². The number of aryl methyl sites for hydroxylation is 1. The minimum absolute atomic E-state index is 0.297. The van der Waals surface area contributed by atoms with Gasteiger partial charge in [-0.2, -0.15) is 5.26 Å². The quantitative estimate of drug-likeness (QED) is 0.247. The number of imidazole rings is 1. The molecule has 3 rings (SSSR count). The lowest BCUT2D eigenvalue weighted by Gasteiger charge is -2.15. The highest BCUT2D eigenvalue weighted by atomic mass is 16.5. The zero-order chi connectivity index (χ0) is 24.2. The highest BCUT2D eigenvalue weighted by molar-refractivity contribution is 5.95. The summed E-state index contributed by atoms with van der Waals surface area (Å²) in [7, 11) is 0. The van der Waals surface area contributed by atoms with Crippen LogP contribution in [0.3, 0.4) is 0 Å². The van der Waals surface area contributed by atoms with E-state index in [9.17, 15) is 4.79 Å². The molecule has 0 aliphatic heterocycles. The standard InChI is InChI=1S/C28H34N4O2/c1-3-5-9-17-34-28(33)25-10-7-8-11-26(25)30-19-24-20-31-27(12-6-4-2)32(24)21-23-15-13-22(18-29)14-16-23/h7-8,10-11,13-16,20,30H,3-6,9,12,17,19,21H2,1-2H3. The molecule has 0 bridgehead atoms. The van der Waals surface area contributed by atoms with Crippen LogP contribution >= 0.6 is 0 Å². The molecule has 0 atom stereocenters. The summed E-state index contributed by atoms with van der Waals surface area (Å²) >= 11 is 0. The number of carbonyl (C=O) groups excluding carboxylic acids is 1. The molecule has 1 aromatic heterocycles. The van der Waals surface area contributed by atoms with Crippen molar-refractivity contribution in [2.75, 3.05) is 11.9 Å². The molecule has 0 amide bonds. The van der Waals surface area contributed by atoms with Crippen LogP contribution in [-0.4, -0.2) is 22.1 Å². The highest BCUT2D eigenvalue weighted by Gasteiger charge is 2.14. The number of rotatable bonds is 13. The molecule has 0 aliphatic rings. The van der Waals surface area contributed by atoms with Gasteiger partial charge in [0.1, 0.15) is 5.82 Å². The number of unbranched alkanes of at least 4 members (excludes halogenated alkanes) is 3. The normalized spacial score (nSPS) is 10.6. The van der Waals surface area contributed by atoms with Crippen LogP contribution in [-0.2, 0) is 24.2 Å². The lowest BCUT2D eigenvalue weighted by Crippen LogP contribution is -2.14. The van der Waals surface area contributed by atoms with E-state index < -0.39 is 0 Å². The predicted molar refractivity (Wildman–Crippen MR) is 135 cm³/mol. The number of benzene rings is 2. The minimum atomic E-state index is -0.297. The van der Waals surface area contributed by atoms with Gasteiger partial charge in [0.05, 0.1) is 42.2 Å². The average Bonchev–Trinajstić information content (AvgIpc) is 3.25. The maximum Gasteiger partial charge on any atom is 0.340 e. The van der Waals surface area contributed by atoms with Gasteiger partial charge in [-0.3, -0.25) is 0 Å². The number of hydrogen-bond donors (Lipinski definition) is 1. The Balaban J connectivity index is 1.75. The highest BCUT2D eigenvalue weighted by Crippen LogP contribution is 2.19. The molecule has 1 N–H and O–H groups in total. The van der Waals surface area contributed by atoms with Crippen molar-refractivity contribution < 1.29 is 9.53 Å². The Morgan fingerprint density at radius 2 is 1.82 bits per heavy atom. The van der Waals surface area contributed by atoms with Crippen LogP contribution in [0.4, 0.5) is 5.69 Å². The molecule has 0 fully saturated rings. The molecule has 6 heteroatoms. The SMILES string of the molecule is CCCCCOC(=O)c1ccccc1NCc1cnc(CCCC)n1Cc1ccc(C#N)cc1. The molecule has 178 valence electrons. The van der Waals surface area contributed by atoms with Crippen molar-refractivity contribution in [2.24, 2.45) is 0 Å². The lowest BCUT2D eigenvalue weighted by atomic mass is 10.1. The number of esters is 1. The molecule has 0 aliphatic carbocycles. The van der Waals surface area contributed by atoms with Crippen molar-refractivity contribution in [3.63, 3.8) is 0 Å². The Morgan fingerprint density at radius 1 is 1.06 bits per heavy atom. The van der Waals surface area contributed by atoms with Gasteiger partial charge in [-0.25, -0.2) is 9.78 Å². The van der Waals surface area contributed by atoms with Crippen molar-refractivity contribution in [1.29, 1.82) is 5.26 Å². The van der Waals surface area contributed by atoms with Crippen molar-refractivity contribution in [1.82, 2.24) is 9.55 Å². The maximum atomic E-state index is 12.6. The van der Waals surface area contributed by atoms with Crippen LogP contribution in [0, 0.1) is 11.3 Å². The summed E-state index contributed by atoms with van der Waals surface area (Å²) in [4.78, 5) is 17.3. The minimum Gasteiger partial charge on any atom is -0.462 e. The number of para-hydroxylation sites is 1. The molecule has 0 saturated carbocycles. The smallest absolute Gasteiger partial charge is 0.340 e. The molecule has 0 radical (unpaired) electrons. The van der Waals surface area contributed by atoms with Crippen LogP contribution in [0.2, 0.25) is 0 Å². The number of nitriles is 1. The summed E-state index contributed by atoms with van der Waals surface area (Å²) in [5.41, 5.74) is 4.11. The fraction of sp³-hybridized carbons (Fsp3) is 0.393. The van der Waals surface area contributed by atoms with E-state index in [1.165, 1.54) is 0 Å². The van der Waals surface area contributed by atoms with Crippen LogP contribution in [0.1, 0.15) is 79.0 Å². The summed E-state index contributed by atoms with van der Waals surface area (Å²) in [6.07, 6.45) is 8.02. The van der Waals surface area contributed by atoms with Crippen molar-refractivity contribution >= 4 is 11.7 Å². The first kappa shape index (κ1) is 25.0. The molecule has 0 unspecified atom stereocenters. The predicted octanol–water partition coefficient (Wildman–Crippen LogP) is 6.10. The zero-order valence-electron chi connectivity index (χ0n) is 20.2. The van der Waals surface area contributed by atoms with Gasteiger partial charge in [-0.1, -0.05) is 57.4 Å². The largest absolute Gasteiger partial charge is 0.462 e. The van der Waals surface area contributed by atoms with Gasteiger partial charge >= 0.3 is 5.97 Å². The fourth-order valence-electron chi connectivity index (χ4n) is 3.79. The van der Waals surface area contributed by atoms with Gasteiger partial charge < -0.3 is 14.6 Å². The zero-order valence-corrected chi connectivity index (χ0v) is 20.2. The first-order chi connectivity index (χ1) is 16.7. The van der Waals surface area contributed by atoms with Crippen LogP contribution in [0.5, 0.6) is 0 Å². The lowest BCUT2D eigenvalue weighted by molar-refractivity contribution is 0.0499. The van der Waals surface area contributed by atoms with Gasteiger partial charge in [0.25, 0.3) is 0 Å². The second-order valence-electron chi connectivity index (χ2n) is 8.41. The molecule has 34 heavy (non-hydrogen) atoms. The third-order valence-electron chi connectivity index (χ3n) is 5.79. The molecule has 6 nitrogen and oxygen atoms in total. The van der Waals surface area contributed by atoms with E-state index in [4.69, 9.17) is 15.0 Å². The topological polar surface area (TPSA) is 79.9 Å². The van der Waals surface area contributed by atoms with E-state index in [0.717, 1.165) is 61.3 Å². The summed E-state index contributed by atoms with van der Waals surface area (Å²) in [6.45, 7) is 5.97. The second-order valence-corrected chi connectivity index (χ2v) is 8.41. The molecule has 1 heterocycles. The molecule has 0 saturated heterocycles. The number of nitrogens with zero attached hydrogens (tertiary/aromatic N) is 3. The summed E-state index contributed by atoms with van der Waals surface area (Å²) in [5, 5.41) is 12.5. The first-order valence-corrected chi connectivity index (χ1v) is 12.2. The molecular weight excluding hydrogens is 424 g/mol. The van der Waals surface area contributed by atoms with E-state index in [0.29, 0.717) is 30.8 Å². The third-order valence-corrected chi connectivity index (χ3v) is 5.79. The van der Waals surface area contributed by atoms with Gasteiger partial charge in [-0.15, -0.1) is 0 Å². The average molecular weight is 459 g/mol. The number of nitrogens with one attached hydrogen (secondary N) is 1. The summed E-state index contributed by atoms with van der Waals surface area (Å²) in [5.74, 6) is 0.751. The summed E-state index contributed by atoms with van der Waals surface area (Å²) in [6, 6.07) is 17.3. The van der Waals surface area contributed by atoms with Crippen molar-refractivity contribution in [3.8, 4) is 6.07 Å². The molecule has 0 spiro atoms. The molecule has 2 aromatic carbocycles. The van der Waals surface area contributed by atoms with Crippen molar-refractivity contribution in [2.45, 2.75) is 65.5 Å². The van der Waals surface area contributed by atoms with E-state index in [-0.39, 0.29) is 5.97 Å². The van der Waals surface area contributed by atoms with E-state index >= 15 is 0 Å². The number of aromatic nitrogens is 2. The Bertz CT molecular complexity index is 1100. The van der Waals surface area contributed by atoms with Gasteiger partial charge in [0.15, 0.2) is 0 Å². The Morgan fingerprint density at radius 3 is 2.56 bits per heavy atom. The van der Waals surface area contributed by atoms with Crippen molar-refractivity contribution in [3.05, 3.63) is 82.9 Å². The van der Waals surface area contributed by atoms with Crippen LogP contribution < -0.4 is 5.32 Å². The number of carbonyl (C=O) groups is 1. The Hall–Kier alpha value is -3.59. The third kappa shape index (κ3) is 6.95. The molecular formula is C28H34N4O2. The monoisotopic (exact) mass is 458 g/mol. The number of ether oxygens (including phenoxy) is 1. The first-order valence-electron chi connectivity index (χ1n) is 12.2. The Labute approximate surface area is 202 Å². The second kappa shape index (κ2) is 13.2. The maximum absolute atomic E-state index is 12.6. The Kier molecular flexibility index (Phi) is 9.72. The van der Waals surface area contributed by atoms with E-state index in [2.05, 4.69) is 29.8 Å². The van der Waals surface area contributed by atoms with Crippen LogP contribution in [0.15, 0.2) is 54.7 Å². The van der Waals surface area contributed by atoms with E-state index in [1.807, 2.05) is 48.7 Å².